The van der Waals surface area contributed by atoms with Crippen LogP contribution in [0.1, 0.15) is 17.0 Å². The number of hydrogen-bond acceptors (Lipinski definition) is 4. The van der Waals surface area contributed by atoms with E-state index in [1.165, 1.54) is 0 Å². The molecule has 2 rings (SSSR count). The van der Waals surface area contributed by atoms with E-state index in [2.05, 4.69) is 25.9 Å². The molecule has 2 aromatic rings. The number of aryl methyl sites for hydroxylation is 3. The molecule has 1 aromatic heterocycles. The molecule has 5 heteroatoms. The molecule has 1 aromatic carbocycles. The molecule has 0 spiro atoms. The zero-order valence-corrected chi connectivity index (χ0v) is 12.1. The molecule has 0 saturated carbocycles. The van der Waals surface area contributed by atoms with E-state index in [1.54, 1.807) is 6.20 Å². The van der Waals surface area contributed by atoms with Gasteiger partial charge in [-0.2, -0.15) is 4.98 Å². The predicted molar refractivity (Wildman–Crippen MR) is 74.9 cm³/mol. The Kier molecular flexibility index (Phi) is 3.52. The molecule has 0 aliphatic carbocycles. The van der Waals surface area contributed by atoms with E-state index >= 15 is 0 Å². The van der Waals surface area contributed by atoms with Gasteiger partial charge in [0.1, 0.15) is 11.6 Å². The average Bonchev–Trinajstić information content (AvgIpc) is 2.28. The smallest absolute Gasteiger partial charge is 0.236 e. The van der Waals surface area contributed by atoms with Crippen LogP contribution in [0.2, 0.25) is 0 Å². The molecule has 0 unspecified atom stereocenters. The van der Waals surface area contributed by atoms with Crippen LogP contribution in [0.3, 0.4) is 0 Å². The molecule has 2 N–H and O–H groups in total. The maximum absolute atomic E-state index is 5.85. The van der Waals surface area contributed by atoms with Gasteiger partial charge in [-0.1, -0.05) is 0 Å². The summed E-state index contributed by atoms with van der Waals surface area (Å²) in [6.45, 7) is 5.74. The molecule has 0 aliphatic rings. The van der Waals surface area contributed by atoms with Gasteiger partial charge in [-0.05, 0) is 60.0 Å². The van der Waals surface area contributed by atoms with Crippen LogP contribution in [0.25, 0.3) is 0 Å². The first-order valence-electron chi connectivity index (χ1n) is 5.51. The minimum atomic E-state index is 0.512. The van der Waals surface area contributed by atoms with Gasteiger partial charge in [0.15, 0.2) is 0 Å². The Balaban J connectivity index is 2.43. The quantitative estimate of drug-likeness (QED) is 0.862. The molecule has 0 radical (unpaired) electrons. The van der Waals surface area contributed by atoms with E-state index < -0.39 is 0 Å². The third-order valence-electron chi connectivity index (χ3n) is 2.51. The Labute approximate surface area is 114 Å². The Morgan fingerprint density at radius 3 is 2.39 bits per heavy atom. The molecule has 4 nitrogen and oxygen atoms in total. The third-order valence-corrected chi connectivity index (χ3v) is 3.06. The summed E-state index contributed by atoms with van der Waals surface area (Å²) in [5, 5.41) is 0. The number of nitrogens with zero attached hydrogens (tertiary/aromatic N) is 2. The zero-order valence-electron chi connectivity index (χ0n) is 10.5. The lowest BCUT2D eigenvalue weighted by atomic mass is 10.1. The van der Waals surface area contributed by atoms with Crippen molar-refractivity contribution in [2.75, 3.05) is 5.73 Å². The number of halogens is 1. The van der Waals surface area contributed by atoms with Gasteiger partial charge in [-0.3, -0.25) is 0 Å². The number of benzene rings is 1. The summed E-state index contributed by atoms with van der Waals surface area (Å²) in [6.07, 6.45) is 1.68. The number of ether oxygens (including phenoxy) is 1. The highest BCUT2D eigenvalue weighted by atomic mass is 79.9. The monoisotopic (exact) mass is 307 g/mol. The van der Waals surface area contributed by atoms with Crippen LogP contribution < -0.4 is 10.5 Å². The van der Waals surface area contributed by atoms with Gasteiger partial charge in [0.05, 0.1) is 4.47 Å². The standard InChI is InChI=1S/C13H14BrN3O/c1-7-4-10(15)5-8(2)12(7)18-13-11(14)6-16-9(3)17-13/h4-6H,15H2,1-3H3. The van der Waals surface area contributed by atoms with E-state index in [1.807, 2.05) is 32.9 Å². The Bertz CT molecular complexity index is 576. The van der Waals surface area contributed by atoms with Crippen molar-refractivity contribution in [2.24, 2.45) is 0 Å². The van der Waals surface area contributed by atoms with Crippen LogP contribution in [-0.2, 0) is 0 Å². The average molecular weight is 308 g/mol. The second-order valence-corrected chi connectivity index (χ2v) is 5.01. The van der Waals surface area contributed by atoms with E-state index in [9.17, 15) is 0 Å². The first-order valence-corrected chi connectivity index (χ1v) is 6.30. The number of rotatable bonds is 2. The molecule has 0 amide bonds. The molecule has 0 bridgehead atoms. The second-order valence-electron chi connectivity index (χ2n) is 4.16. The molecular formula is C13H14BrN3O. The van der Waals surface area contributed by atoms with Crippen molar-refractivity contribution in [3.63, 3.8) is 0 Å². The molecule has 94 valence electrons. The van der Waals surface area contributed by atoms with Gasteiger partial charge in [-0.25, -0.2) is 4.98 Å². The van der Waals surface area contributed by atoms with Crippen LogP contribution >= 0.6 is 15.9 Å². The predicted octanol–water partition coefficient (Wildman–Crippen LogP) is 3.54. The molecule has 0 atom stereocenters. The van der Waals surface area contributed by atoms with Crippen LogP contribution in [-0.4, -0.2) is 9.97 Å². The van der Waals surface area contributed by atoms with Crippen molar-refractivity contribution in [1.82, 2.24) is 9.97 Å². The van der Waals surface area contributed by atoms with Crippen LogP contribution in [0, 0.1) is 20.8 Å². The summed E-state index contributed by atoms with van der Waals surface area (Å²) in [5.41, 5.74) is 8.48. The number of aromatic nitrogens is 2. The van der Waals surface area contributed by atoms with Gasteiger partial charge in [0, 0.05) is 11.9 Å². The number of anilines is 1. The fraction of sp³-hybridized carbons (Fsp3) is 0.231. The lowest BCUT2D eigenvalue weighted by Gasteiger charge is -2.13. The van der Waals surface area contributed by atoms with Gasteiger partial charge in [0.2, 0.25) is 5.88 Å². The maximum Gasteiger partial charge on any atom is 0.236 e. The van der Waals surface area contributed by atoms with Crippen molar-refractivity contribution in [2.45, 2.75) is 20.8 Å². The van der Waals surface area contributed by atoms with Crippen LogP contribution in [0.4, 0.5) is 5.69 Å². The first kappa shape index (κ1) is 12.8. The van der Waals surface area contributed by atoms with Crippen molar-refractivity contribution >= 4 is 21.6 Å². The summed E-state index contributed by atoms with van der Waals surface area (Å²) < 4.78 is 6.58. The molecule has 1 heterocycles. The molecule has 0 fully saturated rings. The molecule has 0 saturated heterocycles. The lowest BCUT2D eigenvalue weighted by molar-refractivity contribution is 0.449. The zero-order chi connectivity index (χ0) is 13.3. The lowest BCUT2D eigenvalue weighted by Crippen LogP contribution is -1.98. The van der Waals surface area contributed by atoms with Crippen molar-refractivity contribution in [1.29, 1.82) is 0 Å². The third kappa shape index (κ3) is 2.61. The summed E-state index contributed by atoms with van der Waals surface area (Å²) in [6, 6.07) is 3.76. The summed E-state index contributed by atoms with van der Waals surface area (Å²) in [5.74, 6) is 1.96. The fourth-order valence-electron chi connectivity index (χ4n) is 1.75. The second kappa shape index (κ2) is 4.94. The van der Waals surface area contributed by atoms with E-state index in [0.717, 1.165) is 27.0 Å². The van der Waals surface area contributed by atoms with Crippen LogP contribution in [0.5, 0.6) is 11.6 Å². The minimum Gasteiger partial charge on any atom is -0.437 e. The number of hydrogen-bond donors (Lipinski definition) is 1. The largest absolute Gasteiger partial charge is 0.437 e. The van der Waals surface area contributed by atoms with E-state index in [0.29, 0.717) is 11.7 Å². The van der Waals surface area contributed by atoms with Crippen molar-refractivity contribution in [3.8, 4) is 11.6 Å². The molecule has 18 heavy (non-hydrogen) atoms. The number of nitrogens with two attached hydrogens (primary N) is 1. The summed E-state index contributed by atoms with van der Waals surface area (Å²) in [4.78, 5) is 8.34. The van der Waals surface area contributed by atoms with Gasteiger partial charge < -0.3 is 10.5 Å². The van der Waals surface area contributed by atoms with Gasteiger partial charge >= 0.3 is 0 Å². The summed E-state index contributed by atoms with van der Waals surface area (Å²) >= 11 is 3.38. The number of nitrogen functional groups attached to an aromatic ring is 1. The first-order chi connectivity index (χ1) is 8.47. The topological polar surface area (TPSA) is 61.0 Å². The van der Waals surface area contributed by atoms with Gasteiger partial charge in [-0.15, -0.1) is 0 Å². The highest BCUT2D eigenvalue weighted by molar-refractivity contribution is 9.10. The molecular weight excluding hydrogens is 294 g/mol. The van der Waals surface area contributed by atoms with Crippen LogP contribution in [0.15, 0.2) is 22.8 Å². The van der Waals surface area contributed by atoms with Gasteiger partial charge in [0.25, 0.3) is 0 Å². The highest BCUT2D eigenvalue weighted by Gasteiger charge is 2.10. The Morgan fingerprint density at radius 2 is 1.78 bits per heavy atom. The maximum atomic E-state index is 5.85. The van der Waals surface area contributed by atoms with E-state index in [-0.39, 0.29) is 0 Å². The normalized spacial score (nSPS) is 10.4. The van der Waals surface area contributed by atoms with E-state index in [4.69, 9.17) is 10.5 Å². The Morgan fingerprint density at radius 1 is 1.17 bits per heavy atom. The molecule has 0 aliphatic heterocycles. The fourth-order valence-corrected chi connectivity index (χ4v) is 2.02. The SMILES string of the molecule is Cc1ncc(Br)c(Oc2c(C)cc(N)cc2C)n1. The Hall–Kier alpha value is -1.62. The summed E-state index contributed by atoms with van der Waals surface area (Å²) in [7, 11) is 0. The highest BCUT2D eigenvalue weighted by Crippen LogP contribution is 2.32. The van der Waals surface area contributed by atoms with Crippen molar-refractivity contribution in [3.05, 3.63) is 39.8 Å². The van der Waals surface area contributed by atoms with Crippen molar-refractivity contribution < 1.29 is 4.74 Å². The minimum absolute atomic E-state index is 0.512.